The van der Waals surface area contributed by atoms with E-state index in [1.54, 1.807) is 11.8 Å². The maximum atomic E-state index is 11.5. The van der Waals surface area contributed by atoms with Gasteiger partial charge in [0.2, 0.25) is 5.91 Å². The van der Waals surface area contributed by atoms with Crippen LogP contribution < -0.4 is 11.1 Å². The molecular formula is C11H16N2OS. The van der Waals surface area contributed by atoms with Crippen molar-refractivity contribution in [2.45, 2.75) is 24.3 Å². The number of thioether (sulfide) groups is 1. The van der Waals surface area contributed by atoms with E-state index in [0.717, 1.165) is 5.69 Å². The first-order valence-corrected chi connectivity index (χ1v) is 6.10. The van der Waals surface area contributed by atoms with Gasteiger partial charge < -0.3 is 11.1 Å². The first-order valence-electron chi connectivity index (χ1n) is 4.88. The van der Waals surface area contributed by atoms with Crippen molar-refractivity contribution in [3.05, 3.63) is 24.3 Å². The van der Waals surface area contributed by atoms with Gasteiger partial charge >= 0.3 is 0 Å². The Kier molecular flexibility index (Phi) is 4.65. The molecule has 0 fully saturated rings. The van der Waals surface area contributed by atoms with E-state index in [1.165, 1.54) is 4.90 Å². The van der Waals surface area contributed by atoms with E-state index in [-0.39, 0.29) is 5.91 Å². The van der Waals surface area contributed by atoms with Crippen LogP contribution in [0.2, 0.25) is 0 Å². The fourth-order valence-corrected chi connectivity index (χ4v) is 1.50. The zero-order chi connectivity index (χ0) is 11.3. The Hall–Kier alpha value is -1.00. The number of nitrogens with two attached hydrogens (primary N) is 1. The van der Waals surface area contributed by atoms with Gasteiger partial charge in [-0.25, -0.2) is 0 Å². The quantitative estimate of drug-likeness (QED) is 0.770. The fourth-order valence-electron chi connectivity index (χ4n) is 1.09. The van der Waals surface area contributed by atoms with Crippen LogP contribution in [0, 0.1) is 0 Å². The monoisotopic (exact) mass is 224 g/mol. The molecule has 0 spiro atoms. The summed E-state index contributed by atoms with van der Waals surface area (Å²) in [5, 5.41) is 2.77. The van der Waals surface area contributed by atoms with Gasteiger partial charge in [0.15, 0.2) is 0 Å². The minimum absolute atomic E-state index is 0.130. The molecule has 15 heavy (non-hydrogen) atoms. The number of hydrogen-bond donors (Lipinski definition) is 2. The van der Waals surface area contributed by atoms with Crippen molar-refractivity contribution in [3.8, 4) is 0 Å². The molecule has 3 nitrogen and oxygen atoms in total. The molecule has 0 aliphatic heterocycles. The van der Waals surface area contributed by atoms with Crippen molar-refractivity contribution in [2.24, 2.45) is 5.73 Å². The summed E-state index contributed by atoms with van der Waals surface area (Å²) in [6, 6.07) is 7.28. The predicted octanol–water partition coefficient (Wildman–Crippen LogP) is 2.08. The van der Waals surface area contributed by atoms with Gasteiger partial charge in [0, 0.05) is 10.6 Å². The van der Waals surface area contributed by atoms with Crippen LogP contribution in [0.5, 0.6) is 0 Å². The molecule has 0 aromatic heterocycles. The van der Waals surface area contributed by atoms with Gasteiger partial charge in [0.25, 0.3) is 0 Å². The standard InChI is InChI=1S/C11H16N2OS/c1-3-10(12)11(14)13-8-4-6-9(15-2)7-5-8/h4-7,10H,3,12H2,1-2H3,(H,13,14)/t10-/m1/s1. The van der Waals surface area contributed by atoms with Gasteiger partial charge in [0.05, 0.1) is 6.04 Å². The summed E-state index contributed by atoms with van der Waals surface area (Å²) in [4.78, 5) is 12.6. The van der Waals surface area contributed by atoms with E-state index < -0.39 is 6.04 Å². The largest absolute Gasteiger partial charge is 0.325 e. The number of benzene rings is 1. The molecule has 0 aliphatic rings. The molecule has 4 heteroatoms. The maximum Gasteiger partial charge on any atom is 0.241 e. The zero-order valence-electron chi connectivity index (χ0n) is 8.99. The number of anilines is 1. The number of carbonyl (C=O) groups excluding carboxylic acids is 1. The summed E-state index contributed by atoms with van der Waals surface area (Å²) < 4.78 is 0. The predicted molar refractivity (Wildman–Crippen MR) is 65.1 cm³/mol. The Morgan fingerprint density at radius 2 is 2.07 bits per heavy atom. The minimum atomic E-state index is -0.426. The third kappa shape index (κ3) is 3.57. The summed E-state index contributed by atoms with van der Waals surface area (Å²) in [7, 11) is 0. The van der Waals surface area contributed by atoms with Crippen LogP contribution in [-0.4, -0.2) is 18.2 Å². The molecule has 0 aliphatic carbocycles. The van der Waals surface area contributed by atoms with Crippen LogP contribution in [0.4, 0.5) is 5.69 Å². The van der Waals surface area contributed by atoms with Crippen LogP contribution in [0.15, 0.2) is 29.2 Å². The van der Waals surface area contributed by atoms with Gasteiger partial charge in [0.1, 0.15) is 0 Å². The van der Waals surface area contributed by atoms with Gasteiger partial charge in [-0.3, -0.25) is 4.79 Å². The van der Waals surface area contributed by atoms with Crippen molar-refractivity contribution in [1.29, 1.82) is 0 Å². The average molecular weight is 224 g/mol. The second-order valence-corrected chi connectivity index (χ2v) is 4.11. The van der Waals surface area contributed by atoms with Crippen molar-refractivity contribution < 1.29 is 4.79 Å². The first kappa shape index (κ1) is 12.1. The van der Waals surface area contributed by atoms with Crippen molar-refractivity contribution in [3.63, 3.8) is 0 Å². The summed E-state index contributed by atoms with van der Waals surface area (Å²) in [6.07, 6.45) is 2.66. The van der Waals surface area contributed by atoms with E-state index in [2.05, 4.69) is 5.32 Å². The highest BCUT2D eigenvalue weighted by atomic mass is 32.2. The second-order valence-electron chi connectivity index (χ2n) is 3.23. The lowest BCUT2D eigenvalue weighted by molar-refractivity contribution is -0.117. The summed E-state index contributed by atoms with van der Waals surface area (Å²) in [5.41, 5.74) is 6.40. The highest BCUT2D eigenvalue weighted by Gasteiger charge is 2.10. The van der Waals surface area contributed by atoms with E-state index >= 15 is 0 Å². The van der Waals surface area contributed by atoms with Crippen LogP contribution >= 0.6 is 11.8 Å². The minimum Gasteiger partial charge on any atom is -0.325 e. The molecule has 1 rings (SSSR count). The Balaban J connectivity index is 2.61. The topological polar surface area (TPSA) is 55.1 Å². The fraction of sp³-hybridized carbons (Fsp3) is 0.364. The highest BCUT2D eigenvalue weighted by Crippen LogP contribution is 2.17. The molecule has 1 aromatic carbocycles. The molecule has 82 valence electrons. The molecule has 3 N–H and O–H groups in total. The molecule has 0 saturated carbocycles. The second kappa shape index (κ2) is 5.78. The molecule has 1 aromatic rings. The molecular weight excluding hydrogens is 208 g/mol. The van der Waals surface area contributed by atoms with Crippen molar-refractivity contribution in [1.82, 2.24) is 0 Å². The SMILES string of the molecule is CC[C@@H](N)C(=O)Nc1ccc(SC)cc1. The summed E-state index contributed by atoms with van der Waals surface area (Å²) >= 11 is 1.67. The Labute approximate surface area is 94.4 Å². The molecule has 0 saturated heterocycles. The van der Waals surface area contributed by atoms with Gasteiger partial charge in [-0.15, -0.1) is 11.8 Å². The number of carbonyl (C=O) groups is 1. The molecule has 0 unspecified atom stereocenters. The van der Waals surface area contributed by atoms with Gasteiger partial charge in [-0.1, -0.05) is 6.92 Å². The van der Waals surface area contributed by atoms with E-state index in [1.807, 2.05) is 37.4 Å². The lowest BCUT2D eigenvalue weighted by Gasteiger charge is -2.10. The normalized spacial score (nSPS) is 12.2. The number of rotatable bonds is 4. The average Bonchev–Trinajstić information content (AvgIpc) is 2.29. The molecule has 0 radical (unpaired) electrons. The number of hydrogen-bond acceptors (Lipinski definition) is 3. The van der Waals surface area contributed by atoms with Gasteiger partial charge in [-0.2, -0.15) is 0 Å². The van der Waals surface area contributed by atoms with Gasteiger partial charge in [-0.05, 0) is 36.9 Å². The van der Waals surface area contributed by atoms with Crippen LogP contribution in [0.1, 0.15) is 13.3 Å². The van der Waals surface area contributed by atoms with E-state index in [0.29, 0.717) is 6.42 Å². The van der Waals surface area contributed by atoms with Crippen molar-refractivity contribution in [2.75, 3.05) is 11.6 Å². The van der Waals surface area contributed by atoms with Crippen LogP contribution in [0.25, 0.3) is 0 Å². The third-order valence-electron chi connectivity index (χ3n) is 2.13. The molecule has 0 bridgehead atoms. The van der Waals surface area contributed by atoms with Crippen LogP contribution in [0.3, 0.4) is 0 Å². The molecule has 1 atom stereocenters. The lowest BCUT2D eigenvalue weighted by atomic mass is 10.2. The maximum absolute atomic E-state index is 11.5. The third-order valence-corrected chi connectivity index (χ3v) is 2.88. The summed E-state index contributed by atoms with van der Waals surface area (Å²) in [6.45, 7) is 1.89. The van der Waals surface area contributed by atoms with E-state index in [4.69, 9.17) is 5.73 Å². The highest BCUT2D eigenvalue weighted by molar-refractivity contribution is 7.98. The first-order chi connectivity index (χ1) is 7.17. The smallest absolute Gasteiger partial charge is 0.241 e. The lowest BCUT2D eigenvalue weighted by Crippen LogP contribution is -2.34. The van der Waals surface area contributed by atoms with Crippen molar-refractivity contribution >= 4 is 23.4 Å². The Morgan fingerprint density at radius 1 is 1.47 bits per heavy atom. The number of nitrogens with one attached hydrogen (secondary N) is 1. The molecule has 0 heterocycles. The Bertz CT molecular complexity index is 324. The summed E-state index contributed by atoms with van der Waals surface area (Å²) in [5.74, 6) is -0.130. The van der Waals surface area contributed by atoms with E-state index in [9.17, 15) is 4.79 Å². The van der Waals surface area contributed by atoms with Crippen LogP contribution in [-0.2, 0) is 4.79 Å². The molecule has 1 amide bonds. The number of amides is 1. The Morgan fingerprint density at radius 3 is 2.53 bits per heavy atom. The zero-order valence-corrected chi connectivity index (χ0v) is 9.80.